The molecule has 0 aliphatic rings. The Morgan fingerprint density at radius 2 is 1.46 bits per heavy atom. The van der Waals surface area contributed by atoms with E-state index < -0.39 is 15.8 Å². The van der Waals surface area contributed by atoms with Crippen molar-refractivity contribution in [2.75, 3.05) is 20.0 Å². The lowest BCUT2D eigenvalue weighted by atomic mass is 11.0. The largest absolute Gasteiger partial charge is 0.398 e. The normalized spacial score (nSPS) is 13.4. The molecule has 0 amide bonds. The van der Waals surface area contributed by atoms with Crippen LogP contribution in [-0.2, 0) is 8.85 Å². The van der Waals surface area contributed by atoms with Crippen LogP contribution in [0.2, 0.25) is 32.2 Å². The molecule has 0 spiro atoms. The molecule has 0 radical (unpaired) electrons. The van der Waals surface area contributed by atoms with Gasteiger partial charge in [-0.3, -0.25) is 0 Å². The highest BCUT2D eigenvalue weighted by atomic mass is 32.4. The lowest BCUT2D eigenvalue weighted by Crippen LogP contribution is -2.37. The topological polar surface area (TPSA) is 18.5 Å². The lowest BCUT2D eigenvalue weighted by Gasteiger charge is -2.24. The fourth-order valence-corrected chi connectivity index (χ4v) is 6.66. The van der Waals surface area contributed by atoms with Crippen LogP contribution in [-0.4, -0.2) is 35.8 Å². The second kappa shape index (κ2) is 5.55. The Hall–Kier alpha value is 0.704. The summed E-state index contributed by atoms with van der Waals surface area (Å²) in [5.41, 5.74) is 0. The summed E-state index contributed by atoms with van der Waals surface area (Å²) in [5, 5.41) is 0. The average Bonchev–Trinajstić information content (AvgIpc) is 2.02. The Morgan fingerprint density at radius 3 is 1.77 bits per heavy atom. The van der Waals surface area contributed by atoms with Gasteiger partial charge in [0, 0.05) is 14.2 Å². The van der Waals surface area contributed by atoms with E-state index >= 15 is 0 Å². The molecule has 0 fully saturated rings. The Bertz CT molecular complexity index is 144. The molecule has 0 unspecified atom stereocenters. The average molecular weight is 239 g/mol. The molecular formula is C8H22O2SSi2. The number of hydrogen-bond donors (Lipinski definition) is 0. The maximum atomic E-state index is 5.42. The minimum atomic E-state index is -1.80. The minimum Gasteiger partial charge on any atom is -0.398 e. The highest BCUT2D eigenvalue weighted by molar-refractivity contribution is 8.28. The van der Waals surface area contributed by atoms with Gasteiger partial charge in [0.05, 0.1) is 0 Å². The highest BCUT2D eigenvalue weighted by Gasteiger charge is 2.28. The first kappa shape index (κ1) is 13.7. The Labute approximate surface area is 88.3 Å². The molecule has 0 atom stereocenters. The number of rotatable bonds is 6. The van der Waals surface area contributed by atoms with Crippen molar-refractivity contribution in [2.24, 2.45) is 0 Å². The van der Waals surface area contributed by atoms with Crippen LogP contribution < -0.4 is 0 Å². The Morgan fingerprint density at radius 1 is 1.00 bits per heavy atom. The van der Waals surface area contributed by atoms with Crippen LogP contribution >= 0.6 is 11.2 Å². The van der Waals surface area contributed by atoms with Crippen LogP contribution in [0.25, 0.3) is 0 Å². The molecule has 0 heterocycles. The first-order valence-electron chi connectivity index (χ1n) is 4.57. The second-order valence-corrected chi connectivity index (χ2v) is 17.3. The van der Waals surface area contributed by atoms with E-state index in [1.54, 1.807) is 14.2 Å². The SMILES string of the molecule is CO[Si](C)(CCS[Si](C)(C)C)OC. The Kier molecular flexibility index (Phi) is 5.85. The first-order chi connectivity index (χ1) is 5.83. The van der Waals surface area contributed by atoms with E-state index in [4.69, 9.17) is 8.85 Å². The van der Waals surface area contributed by atoms with E-state index in [2.05, 4.69) is 37.4 Å². The smallest absolute Gasteiger partial charge is 0.335 e. The third-order valence-electron chi connectivity index (χ3n) is 1.95. The molecule has 0 saturated carbocycles. The Balaban J connectivity index is 3.74. The lowest BCUT2D eigenvalue weighted by molar-refractivity contribution is 0.251. The van der Waals surface area contributed by atoms with Crippen LogP contribution in [0.15, 0.2) is 0 Å². The van der Waals surface area contributed by atoms with Gasteiger partial charge in [-0.15, -0.1) is 0 Å². The van der Waals surface area contributed by atoms with Gasteiger partial charge in [-0.1, -0.05) is 19.6 Å². The van der Waals surface area contributed by atoms with Gasteiger partial charge in [0.2, 0.25) is 0 Å². The van der Waals surface area contributed by atoms with Gasteiger partial charge >= 0.3 is 8.56 Å². The summed E-state index contributed by atoms with van der Waals surface area (Å²) in [5.74, 6) is 1.18. The summed E-state index contributed by atoms with van der Waals surface area (Å²) in [6.45, 7) is 9.24. The molecule has 0 saturated heterocycles. The third-order valence-corrected chi connectivity index (χ3v) is 9.69. The molecule has 0 aliphatic heterocycles. The monoisotopic (exact) mass is 238 g/mol. The molecule has 0 aromatic heterocycles. The minimum absolute atomic E-state index is 0.955. The fourth-order valence-electron chi connectivity index (χ4n) is 0.830. The molecule has 13 heavy (non-hydrogen) atoms. The predicted molar refractivity (Wildman–Crippen MR) is 66.2 cm³/mol. The first-order valence-corrected chi connectivity index (χ1v) is 12.3. The van der Waals surface area contributed by atoms with Crippen LogP contribution in [0.1, 0.15) is 0 Å². The molecule has 0 aromatic rings. The summed E-state index contributed by atoms with van der Waals surface area (Å²) < 4.78 is 10.8. The summed E-state index contributed by atoms with van der Waals surface area (Å²) >= 11 is 2.10. The van der Waals surface area contributed by atoms with Crippen molar-refractivity contribution in [1.82, 2.24) is 0 Å². The molecule has 0 N–H and O–H groups in total. The molecular weight excluding hydrogens is 216 g/mol. The van der Waals surface area contributed by atoms with Crippen LogP contribution in [0.3, 0.4) is 0 Å². The maximum absolute atomic E-state index is 5.42. The zero-order valence-electron chi connectivity index (χ0n) is 9.64. The summed E-state index contributed by atoms with van der Waals surface area (Å²) in [6.07, 6.45) is 0. The fraction of sp³-hybridized carbons (Fsp3) is 1.00. The molecule has 0 bridgehead atoms. The van der Waals surface area contributed by atoms with Crippen molar-refractivity contribution in [3.05, 3.63) is 0 Å². The van der Waals surface area contributed by atoms with Crippen molar-refractivity contribution in [3.63, 3.8) is 0 Å². The summed E-state index contributed by atoms with van der Waals surface area (Å²) in [4.78, 5) is 0. The van der Waals surface area contributed by atoms with E-state index in [1.165, 1.54) is 5.75 Å². The van der Waals surface area contributed by atoms with Crippen molar-refractivity contribution < 1.29 is 8.85 Å². The van der Waals surface area contributed by atoms with Gasteiger partial charge in [0.15, 0.2) is 0 Å². The molecule has 5 heteroatoms. The van der Waals surface area contributed by atoms with E-state index in [0.717, 1.165) is 6.04 Å². The zero-order chi connectivity index (χ0) is 10.5. The highest BCUT2D eigenvalue weighted by Crippen LogP contribution is 2.23. The van der Waals surface area contributed by atoms with Gasteiger partial charge in [0.1, 0.15) is 7.22 Å². The number of hydrogen-bond acceptors (Lipinski definition) is 3. The third kappa shape index (κ3) is 6.73. The van der Waals surface area contributed by atoms with Crippen LogP contribution in [0.5, 0.6) is 0 Å². The van der Waals surface area contributed by atoms with Crippen molar-refractivity contribution >= 4 is 27.0 Å². The van der Waals surface area contributed by atoms with E-state index in [0.29, 0.717) is 0 Å². The molecule has 0 rings (SSSR count). The van der Waals surface area contributed by atoms with Gasteiger partial charge in [-0.05, 0) is 18.3 Å². The molecule has 0 aliphatic carbocycles. The van der Waals surface area contributed by atoms with Crippen LogP contribution in [0, 0.1) is 0 Å². The van der Waals surface area contributed by atoms with Gasteiger partial charge in [0.25, 0.3) is 0 Å². The molecule has 80 valence electrons. The second-order valence-electron chi connectivity index (χ2n) is 4.25. The van der Waals surface area contributed by atoms with E-state index in [-0.39, 0.29) is 0 Å². The van der Waals surface area contributed by atoms with Gasteiger partial charge < -0.3 is 8.85 Å². The standard InChI is InChI=1S/C8H22O2SSi2/c1-9-13(6,10-2)8-7-11-12(3,4)5/h7-8H2,1-6H3. The van der Waals surface area contributed by atoms with Gasteiger partial charge in [-0.2, -0.15) is 11.2 Å². The quantitative estimate of drug-likeness (QED) is 0.663. The summed E-state index contributed by atoms with van der Waals surface area (Å²) in [7, 11) is 0.767. The van der Waals surface area contributed by atoms with E-state index in [9.17, 15) is 0 Å². The predicted octanol–water partition coefficient (Wildman–Crippen LogP) is 2.92. The van der Waals surface area contributed by atoms with Crippen molar-refractivity contribution in [1.29, 1.82) is 0 Å². The van der Waals surface area contributed by atoms with Crippen molar-refractivity contribution in [2.45, 2.75) is 32.2 Å². The van der Waals surface area contributed by atoms with Gasteiger partial charge in [-0.25, -0.2) is 0 Å². The maximum Gasteiger partial charge on any atom is 0.335 e. The van der Waals surface area contributed by atoms with E-state index in [1.807, 2.05) is 0 Å². The molecule has 0 aromatic carbocycles. The summed E-state index contributed by atoms with van der Waals surface area (Å²) in [6, 6.07) is 1.09. The van der Waals surface area contributed by atoms with Crippen LogP contribution in [0.4, 0.5) is 0 Å². The van der Waals surface area contributed by atoms with Crippen molar-refractivity contribution in [3.8, 4) is 0 Å². The molecule has 2 nitrogen and oxygen atoms in total. The zero-order valence-corrected chi connectivity index (χ0v) is 12.5.